The van der Waals surface area contributed by atoms with Crippen LogP contribution in [0, 0.1) is 5.82 Å². The fourth-order valence-electron chi connectivity index (χ4n) is 1.45. The van der Waals surface area contributed by atoms with Gasteiger partial charge >= 0.3 is 0 Å². The Balaban J connectivity index is 2.21. The molecule has 3 nitrogen and oxygen atoms in total. The maximum Gasteiger partial charge on any atom is 0.246 e. The summed E-state index contributed by atoms with van der Waals surface area (Å²) in [7, 11) is 0. The lowest BCUT2D eigenvalue weighted by Gasteiger charge is -2.24. The summed E-state index contributed by atoms with van der Waals surface area (Å²) in [5.74, 6) is -0.451. The van der Waals surface area contributed by atoms with Crippen molar-refractivity contribution in [3.05, 3.63) is 34.1 Å². The van der Waals surface area contributed by atoms with Crippen LogP contribution in [0.3, 0.4) is 0 Å². The second kappa shape index (κ2) is 4.28. The van der Waals surface area contributed by atoms with E-state index in [1.54, 1.807) is 6.07 Å². The summed E-state index contributed by atoms with van der Waals surface area (Å²) in [5, 5.41) is 2.67. The van der Waals surface area contributed by atoms with E-state index in [2.05, 4.69) is 21.2 Å². The highest BCUT2D eigenvalue weighted by Gasteiger charge is 2.22. The van der Waals surface area contributed by atoms with Crippen LogP contribution in [-0.2, 0) is 9.53 Å². The summed E-state index contributed by atoms with van der Waals surface area (Å²) in [4.78, 5) is 10.9. The Morgan fingerprint density at radius 2 is 2.33 bits per heavy atom. The molecule has 5 heteroatoms. The highest BCUT2D eigenvalue weighted by molar-refractivity contribution is 9.10. The summed E-state index contributed by atoms with van der Waals surface area (Å²) < 4.78 is 19.1. The fourth-order valence-corrected chi connectivity index (χ4v) is 1.96. The number of ether oxygens (including phenoxy) is 1. The van der Waals surface area contributed by atoms with Crippen LogP contribution < -0.4 is 5.32 Å². The van der Waals surface area contributed by atoms with Crippen LogP contribution in [0.1, 0.15) is 11.7 Å². The average Bonchev–Trinajstić information content (AvgIpc) is 2.23. The second-order valence-corrected chi connectivity index (χ2v) is 4.12. The molecular formula is C10H9BrFNO2. The normalized spacial score (nSPS) is 21.2. The van der Waals surface area contributed by atoms with Crippen LogP contribution in [0.5, 0.6) is 0 Å². The molecule has 1 saturated heterocycles. The molecule has 0 radical (unpaired) electrons. The molecule has 1 aromatic carbocycles. The van der Waals surface area contributed by atoms with Gasteiger partial charge in [0.25, 0.3) is 0 Å². The van der Waals surface area contributed by atoms with Crippen molar-refractivity contribution in [2.75, 3.05) is 13.2 Å². The predicted octanol–water partition coefficient (Wildman–Crippen LogP) is 1.78. The average molecular weight is 274 g/mol. The number of hydrogen-bond acceptors (Lipinski definition) is 2. The number of nitrogens with one attached hydrogen (secondary N) is 1. The Labute approximate surface area is 94.7 Å². The van der Waals surface area contributed by atoms with E-state index in [1.807, 2.05) is 0 Å². The van der Waals surface area contributed by atoms with Gasteiger partial charge in [-0.3, -0.25) is 4.79 Å². The number of rotatable bonds is 1. The molecular weight excluding hydrogens is 265 g/mol. The second-order valence-electron chi connectivity index (χ2n) is 3.27. The van der Waals surface area contributed by atoms with Crippen molar-refractivity contribution in [3.8, 4) is 0 Å². The SMILES string of the molecule is O=C1COC(c2cc(F)ccc2Br)CN1. The van der Waals surface area contributed by atoms with E-state index < -0.39 is 0 Å². The highest BCUT2D eigenvalue weighted by Crippen LogP contribution is 2.27. The van der Waals surface area contributed by atoms with Gasteiger partial charge < -0.3 is 10.1 Å². The van der Waals surface area contributed by atoms with Gasteiger partial charge in [-0.1, -0.05) is 15.9 Å². The molecule has 1 heterocycles. The molecule has 0 saturated carbocycles. The molecule has 2 rings (SSSR count). The summed E-state index contributed by atoms with van der Waals surface area (Å²) in [6, 6.07) is 4.41. The predicted molar refractivity (Wildman–Crippen MR) is 55.8 cm³/mol. The lowest BCUT2D eigenvalue weighted by molar-refractivity contribution is -0.133. The van der Waals surface area contributed by atoms with Gasteiger partial charge in [-0.05, 0) is 23.8 Å². The highest BCUT2D eigenvalue weighted by atomic mass is 79.9. The van der Waals surface area contributed by atoms with E-state index in [-0.39, 0.29) is 24.4 Å². The largest absolute Gasteiger partial charge is 0.362 e. The summed E-state index contributed by atoms with van der Waals surface area (Å²) in [6.07, 6.45) is -0.284. The van der Waals surface area contributed by atoms with Gasteiger partial charge in [-0.15, -0.1) is 0 Å². The topological polar surface area (TPSA) is 38.3 Å². The number of benzene rings is 1. The molecule has 0 aromatic heterocycles. The molecule has 1 amide bonds. The molecule has 1 fully saturated rings. The third-order valence-electron chi connectivity index (χ3n) is 2.21. The smallest absolute Gasteiger partial charge is 0.246 e. The van der Waals surface area contributed by atoms with Crippen molar-refractivity contribution < 1.29 is 13.9 Å². The number of carbonyl (C=O) groups is 1. The third kappa shape index (κ3) is 2.35. The summed E-state index contributed by atoms with van der Waals surface area (Å²) in [5.41, 5.74) is 0.718. The molecule has 0 bridgehead atoms. The van der Waals surface area contributed by atoms with Crippen molar-refractivity contribution in [3.63, 3.8) is 0 Å². The minimum absolute atomic E-state index is 0.0214. The minimum Gasteiger partial charge on any atom is -0.362 e. The molecule has 0 aliphatic carbocycles. The van der Waals surface area contributed by atoms with Crippen LogP contribution in [0.2, 0.25) is 0 Å². The zero-order valence-electron chi connectivity index (χ0n) is 7.80. The monoisotopic (exact) mass is 273 g/mol. The number of amides is 1. The Kier molecular flexibility index (Phi) is 3.02. The van der Waals surface area contributed by atoms with Gasteiger partial charge in [0.15, 0.2) is 0 Å². The van der Waals surface area contributed by atoms with Gasteiger partial charge in [0, 0.05) is 11.0 Å². The van der Waals surface area contributed by atoms with E-state index in [0.717, 1.165) is 10.0 Å². The van der Waals surface area contributed by atoms with Crippen LogP contribution in [0.25, 0.3) is 0 Å². The van der Waals surface area contributed by atoms with Crippen molar-refractivity contribution in [2.24, 2.45) is 0 Å². The number of morpholine rings is 1. The van der Waals surface area contributed by atoms with E-state index >= 15 is 0 Å². The molecule has 15 heavy (non-hydrogen) atoms. The van der Waals surface area contributed by atoms with Gasteiger partial charge in [0.1, 0.15) is 18.5 Å². The first-order chi connectivity index (χ1) is 7.16. The molecule has 1 atom stereocenters. The first-order valence-corrected chi connectivity index (χ1v) is 5.29. The zero-order valence-corrected chi connectivity index (χ0v) is 9.38. The van der Waals surface area contributed by atoms with Crippen LogP contribution in [-0.4, -0.2) is 19.1 Å². The van der Waals surface area contributed by atoms with E-state index in [4.69, 9.17) is 4.74 Å². The summed E-state index contributed by atoms with van der Waals surface area (Å²) in [6.45, 7) is 0.397. The first kappa shape index (κ1) is 10.6. The Bertz CT molecular complexity index is 387. The molecule has 80 valence electrons. The first-order valence-electron chi connectivity index (χ1n) is 4.50. The molecule has 0 spiro atoms. The van der Waals surface area contributed by atoms with E-state index in [0.29, 0.717) is 6.54 Å². The third-order valence-corrected chi connectivity index (χ3v) is 2.93. The van der Waals surface area contributed by atoms with Crippen LogP contribution >= 0.6 is 15.9 Å². The molecule has 1 aliphatic rings. The van der Waals surface area contributed by atoms with Crippen molar-refractivity contribution in [2.45, 2.75) is 6.10 Å². The molecule has 1 aliphatic heterocycles. The number of carbonyl (C=O) groups excluding carboxylic acids is 1. The number of hydrogen-bond donors (Lipinski definition) is 1. The van der Waals surface area contributed by atoms with Gasteiger partial charge in [-0.25, -0.2) is 4.39 Å². The number of halogens is 2. The Morgan fingerprint density at radius 1 is 1.53 bits per heavy atom. The molecule has 1 unspecified atom stereocenters. The maximum atomic E-state index is 13.0. The van der Waals surface area contributed by atoms with Gasteiger partial charge in [0.05, 0.1) is 0 Å². The van der Waals surface area contributed by atoms with Crippen molar-refractivity contribution >= 4 is 21.8 Å². The van der Waals surface area contributed by atoms with E-state index in [1.165, 1.54) is 12.1 Å². The lowest BCUT2D eigenvalue weighted by atomic mass is 10.1. The quantitative estimate of drug-likeness (QED) is 0.847. The van der Waals surface area contributed by atoms with Crippen molar-refractivity contribution in [1.82, 2.24) is 5.32 Å². The maximum absolute atomic E-state index is 13.0. The lowest BCUT2D eigenvalue weighted by Crippen LogP contribution is -2.38. The van der Waals surface area contributed by atoms with Gasteiger partial charge in [-0.2, -0.15) is 0 Å². The molecule has 1 aromatic rings. The standard InChI is InChI=1S/C10H9BrFNO2/c11-8-2-1-6(12)3-7(8)9-4-13-10(14)5-15-9/h1-3,9H,4-5H2,(H,13,14). The van der Waals surface area contributed by atoms with Gasteiger partial charge in [0.2, 0.25) is 5.91 Å². The zero-order chi connectivity index (χ0) is 10.8. The summed E-state index contributed by atoms with van der Waals surface area (Å²) >= 11 is 3.32. The van der Waals surface area contributed by atoms with Crippen LogP contribution in [0.4, 0.5) is 4.39 Å². The van der Waals surface area contributed by atoms with Crippen LogP contribution in [0.15, 0.2) is 22.7 Å². The van der Waals surface area contributed by atoms with E-state index in [9.17, 15) is 9.18 Å². The fraction of sp³-hybridized carbons (Fsp3) is 0.300. The Hall–Kier alpha value is -0.940. The minimum atomic E-state index is -0.311. The Morgan fingerprint density at radius 3 is 3.00 bits per heavy atom. The molecule has 1 N–H and O–H groups in total. The van der Waals surface area contributed by atoms with Crippen molar-refractivity contribution in [1.29, 1.82) is 0 Å².